The molecule has 16 heavy (non-hydrogen) atoms. The first-order valence-corrected chi connectivity index (χ1v) is 7.40. The van der Waals surface area contributed by atoms with Crippen molar-refractivity contribution in [3.63, 3.8) is 0 Å². The highest BCUT2D eigenvalue weighted by molar-refractivity contribution is 7.99. The maximum Gasteiger partial charge on any atom is 0.0684 e. The third kappa shape index (κ3) is 4.35. The third-order valence-electron chi connectivity index (χ3n) is 3.29. The molecule has 1 aliphatic rings. The normalized spacial score (nSPS) is 25.6. The predicted octanol–water partition coefficient (Wildman–Crippen LogP) is 3.19. The molecule has 0 heterocycles. The van der Waals surface area contributed by atoms with Crippen molar-refractivity contribution in [1.29, 1.82) is 5.26 Å². The average Bonchev–Trinajstić information content (AvgIpc) is 2.66. The summed E-state index contributed by atoms with van der Waals surface area (Å²) in [5.74, 6) is 1.21. The zero-order valence-corrected chi connectivity index (χ0v) is 11.6. The van der Waals surface area contributed by atoms with E-state index in [2.05, 4.69) is 30.1 Å². The van der Waals surface area contributed by atoms with Gasteiger partial charge in [-0.2, -0.15) is 17.0 Å². The fourth-order valence-electron chi connectivity index (χ4n) is 2.20. The Hall–Kier alpha value is -0.200. The lowest BCUT2D eigenvalue weighted by Gasteiger charge is -2.22. The standard InChI is InChI=1S/C13H24N2S/c1-4-16-12-7-5-6-11(12)15-9-8-13(2,3)10-14/h11-12,15H,4-9H2,1-3H3. The molecule has 0 aromatic carbocycles. The molecule has 0 aromatic rings. The van der Waals surface area contributed by atoms with Crippen LogP contribution in [0.5, 0.6) is 0 Å². The summed E-state index contributed by atoms with van der Waals surface area (Å²) < 4.78 is 0. The van der Waals surface area contributed by atoms with Gasteiger partial charge in [0.2, 0.25) is 0 Å². The van der Waals surface area contributed by atoms with Gasteiger partial charge in [-0.3, -0.25) is 0 Å². The summed E-state index contributed by atoms with van der Waals surface area (Å²) >= 11 is 2.08. The highest BCUT2D eigenvalue weighted by atomic mass is 32.2. The number of nitrogens with one attached hydrogen (secondary N) is 1. The molecular formula is C13H24N2S. The lowest BCUT2D eigenvalue weighted by molar-refractivity contribution is 0.410. The molecule has 0 radical (unpaired) electrons. The minimum absolute atomic E-state index is 0.182. The van der Waals surface area contributed by atoms with Crippen LogP contribution in [0.15, 0.2) is 0 Å². The maximum atomic E-state index is 8.94. The Balaban J connectivity index is 2.25. The van der Waals surface area contributed by atoms with Crippen molar-refractivity contribution in [1.82, 2.24) is 5.32 Å². The number of hydrogen-bond acceptors (Lipinski definition) is 3. The molecule has 92 valence electrons. The summed E-state index contributed by atoms with van der Waals surface area (Å²) in [6.07, 6.45) is 4.98. The van der Waals surface area contributed by atoms with Crippen molar-refractivity contribution in [2.45, 2.75) is 57.7 Å². The molecule has 0 aliphatic heterocycles. The lowest BCUT2D eigenvalue weighted by atomic mass is 9.91. The second kappa shape index (κ2) is 6.51. The van der Waals surface area contributed by atoms with Gasteiger partial charge >= 0.3 is 0 Å². The van der Waals surface area contributed by atoms with E-state index in [1.165, 1.54) is 25.0 Å². The first kappa shape index (κ1) is 13.9. The first-order valence-electron chi connectivity index (χ1n) is 6.35. The van der Waals surface area contributed by atoms with Crippen LogP contribution in [0, 0.1) is 16.7 Å². The van der Waals surface area contributed by atoms with Crippen LogP contribution in [0.2, 0.25) is 0 Å². The van der Waals surface area contributed by atoms with Crippen LogP contribution in [0.3, 0.4) is 0 Å². The van der Waals surface area contributed by atoms with E-state index in [4.69, 9.17) is 5.26 Å². The molecule has 0 spiro atoms. The SMILES string of the molecule is CCSC1CCCC1NCCC(C)(C)C#N. The van der Waals surface area contributed by atoms with Crippen LogP contribution < -0.4 is 5.32 Å². The smallest absolute Gasteiger partial charge is 0.0684 e. The van der Waals surface area contributed by atoms with Crippen LogP contribution in [-0.4, -0.2) is 23.6 Å². The van der Waals surface area contributed by atoms with Crippen LogP contribution in [0.1, 0.15) is 46.5 Å². The zero-order valence-electron chi connectivity index (χ0n) is 10.8. The molecule has 3 heteroatoms. The van der Waals surface area contributed by atoms with Crippen molar-refractivity contribution in [3.8, 4) is 6.07 Å². The molecule has 2 unspecified atom stereocenters. The average molecular weight is 240 g/mol. The van der Waals surface area contributed by atoms with Gasteiger partial charge in [-0.15, -0.1) is 0 Å². The number of thioether (sulfide) groups is 1. The van der Waals surface area contributed by atoms with Crippen LogP contribution in [-0.2, 0) is 0 Å². The summed E-state index contributed by atoms with van der Waals surface area (Å²) in [7, 11) is 0. The van der Waals surface area contributed by atoms with E-state index in [0.29, 0.717) is 6.04 Å². The van der Waals surface area contributed by atoms with Crippen molar-refractivity contribution in [2.75, 3.05) is 12.3 Å². The van der Waals surface area contributed by atoms with Crippen molar-refractivity contribution in [2.24, 2.45) is 5.41 Å². The molecule has 1 rings (SSSR count). The first-order chi connectivity index (χ1) is 7.59. The molecule has 1 N–H and O–H groups in total. The summed E-state index contributed by atoms with van der Waals surface area (Å²) in [5, 5.41) is 13.4. The number of nitriles is 1. The fourth-order valence-corrected chi connectivity index (χ4v) is 3.43. The van der Waals surface area contributed by atoms with Gasteiger partial charge in [-0.1, -0.05) is 13.3 Å². The van der Waals surface area contributed by atoms with Crippen molar-refractivity contribution < 1.29 is 0 Å². The summed E-state index contributed by atoms with van der Waals surface area (Å²) in [5.41, 5.74) is -0.182. The van der Waals surface area contributed by atoms with Gasteiger partial charge in [0.1, 0.15) is 0 Å². The van der Waals surface area contributed by atoms with E-state index in [1.54, 1.807) is 0 Å². The molecule has 0 aromatic heterocycles. The Labute approximate surface area is 104 Å². The topological polar surface area (TPSA) is 35.8 Å². The quantitative estimate of drug-likeness (QED) is 0.774. The van der Waals surface area contributed by atoms with Crippen LogP contribution in [0.25, 0.3) is 0 Å². The molecule has 1 saturated carbocycles. The monoisotopic (exact) mass is 240 g/mol. The summed E-state index contributed by atoms with van der Waals surface area (Å²) in [4.78, 5) is 0. The molecule has 0 amide bonds. The Morgan fingerprint density at radius 2 is 2.19 bits per heavy atom. The van der Waals surface area contributed by atoms with Crippen molar-refractivity contribution >= 4 is 11.8 Å². The van der Waals surface area contributed by atoms with Gasteiger partial charge in [-0.05, 0) is 45.4 Å². The minimum atomic E-state index is -0.182. The van der Waals surface area contributed by atoms with E-state index in [-0.39, 0.29) is 5.41 Å². The van der Waals surface area contributed by atoms with Gasteiger partial charge < -0.3 is 5.32 Å². The summed E-state index contributed by atoms with van der Waals surface area (Å²) in [6.45, 7) is 7.24. The number of nitrogens with zero attached hydrogens (tertiary/aromatic N) is 1. The minimum Gasteiger partial charge on any atom is -0.313 e. The summed E-state index contributed by atoms with van der Waals surface area (Å²) in [6, 6.07) is 3.04. The van der Waals surface area contributed by atoms with Crippen LogP contribution in [0.4, 0.5) is 0 Å². The molecule has 0 bridgehead atoms. The molecule has 1 fully saturated rings. The third-order valence-corrected chi connectivity index (χ3v) is 4.62. The van der Waals surface area contributed by atoms with E-state index in [9.17, 15) is 0 Å². The molecule has 2 atom stereocenters. The Kier molecular flexibility index (Phi) is 5.64. The highest BCUT2D eigenvalue weighted by Crippen LogP contribution is 2.30. The van der Waals surface area contributed by atoms with Crippen molar-refractivity contribution in [3.05, 3.63) is 0 Å². The van der Waals surface area contributed by atoms with E-state index < -0.39 is 0 Å². The van der Waals surface area contributed by atoms with Gasteiger partial charge in [0.15, 0.2) is 0 Å². The lowest BCUT2D eigenvalue weighted by Crippen LogP contribution is -2.36. The van der Waals surface area contributed by atoms with E-state index in [0.717, 1.165) is 18.2 Å². The largest absolute Gasteiger partial charge is 0.313 e. The predicted molar refractivity (Wildman–Crippen MR) is 71.6 cm³/mol. The fraction of sp³-hybridized carbons (Fsp3) is 0.923. The van der Waals surface area contributed by atoms with Gasteiger partial charge in [0, 0.05) is 11.3 Å². The molecule has 1 aliphatic carbocycles. The Bertz CT molecular complexity index is 245. The second-order valence-corrected chi connectivity index (χ2v) is 6.75. The van der Waals surface area contributed by atoms with Gasteiger partial charge in [-0.25, -0.2) is 0 Å². The van der Waals surface area contributed by atoms with E-state index in [1.807, 2.05) is 13.8 Å². The Morgan fingerprint density at radius 1 is 1.44 bits per heavy atom. The van der Waals surface area contributed by atoms with Gasteiger partial charge in [0.25, 0.3) is 0 Å². The Morgan fingerprint density at radius 3 is 2.81 bits per heavy atom. The highest BCUT2D eigenvalue weighted by Gasteiger charge is 2.27. The van der Waals surface area contributed by atoms with Gasteiger partial charge in [0.05, 0.1) is 11.5 Å². The zero-order chi connectivity index (χ0) is 12.0. The molecule has 2 nitrogen and oxygen atoms in total. The molecule has 0 saturated heterocycles. The number of rotatable bonds is 6. The molecular weight excluding hydrogens is 216 g/mol. The maximum absolute atomic E-state index is 8.94. The second-order valence-electron chi connectivity index (χ2n) is 5.23. The van der Waals surface area contributed by atoms with E-state index >= 15 is 0 Å². The number of hydrogen-bond donors (Lipinski definition) is 1. The van der Waals surface area contributed by atoms with Crippen LogP contribution >= 0.6 is 11.8 Å².